The molecule has 2 aliphatic rings. The Morgan fingerprint density at radius 3 is 2.64 bits per heavy atom. The number of hydrogen-bond acceptors (Lipinski definition) is 4. The van der Waals surface area contributed by atoms with Gasteiger partial charge < -0.3 is 20.1 Å². The van der Waals surface area contributed by atoms with Gasteiger partial charge in [-0.15, -0.1) is 0 Å². The molecule has 1 aromatic carbocycles. The van der Waals surface area contributed by atoms with Crippen LogP contribution in [0, 0.1) is 5.92 Å². The summed E-state index contributed by atoms with van der Waals surface area (Å²) in [4.78, 5) is 6.95. The first kappa shape index (κ1) is 17.9. The number of ether oxygens (including phenoxy) is 2. The fraction of sp³-hybridized carbons (Fsp3) is 0.632. The second-order valence-corrected chi connectivity index (χ2v) is 7.05. The summed E-state index contributed by atoms with van der Waals surface area (Å²) in [5.41, 5.74) is 1.15. The van der Waals surface area contributed by atoms with Crippen LogP contribution in [0.15, 0.2) is 23.2 Å². The van der Waals surface area contributed by atoms with Crippen LogP contribution in [0.2, 0.25) is 0 Å². The predicted octanol–water partition coefficient (Wildman–Crippen LogP) is 2.20. The molecule has 0 amide bonds. The molecule has 0 aliphatic carbocycles. The van der Waals surface area contributed by atoms with Crippen LogP contribution in [0.3, 0.4) is 0 Å². The van der Waals surface area contributed by atoms with E-state index in [1.165, 1.54) is 25.9 Å². The minimum absolute atomic E-state index is 0.308. The van der Waals surface area contributed by atoms with Crippen LogP contribution in [0.1, 0.15) is 32.3 Å². The zero-order valence-corrected chi connectivity index (χ0v) is 15.5. The number of guanidine groups is 1. The van der Waals surface area contributed by atoms with Gasteiger partial charge in [0, 0.05) is 26.2 Å². The molecule has 0 radical (unpaired) electrons. The first-order chi connectivity index (χ1) is 12.2. The maximum atomic E-state index is 5.43. The maximum absolute atomic E-state index is 5.43. The zero-order valence-electron chi connectivity index (χ0n) is 15.5. The lowest BCUT2D eigenvalue weighted by atomic mass is 10.0. The fourth-order valence-corrected chi connectivity index (χ4v) is 3.52. The first-order valence-electron chi connectivity index (χ1n) is 9.24. The molecule has 138 valence electrons. The number of rotatable bonds is 6. The SMILES string of the molecule is CN=C(NCc1ccc2c(c1)OCO2)NCC(C(C)C)N1CCCC1. The molecule has 1 aromatic rings. The van der Waals surface area contributed by atoms with E-state index >= 15 is 0 Å². The summed E-state index contributed by atoms with van der Waals surface area (Å²) in [6.45, 7) is 8.95. The van der Waals surface area contributed by atoms with Gasteiger partial charge in [-0.1, -0.05) is 19.9 Å². The van der Waals surface area contributed by atoms with Crippen molar-refractivity contribution in [2.45, 2.75) is 39.3 Å². The third kappa shape index (κ3) is 4.57. The van der Waals surface area contributed by atoms with E-state index in [1.807, 2.05) is 19.2 Å². The van der Waals surface area contributed by atoms with Crippen molar-refractivity contribution in [2.24, 2.45) is 10.9 Å². The largest absolute Gasteiger partial charge is 0.454 e. The molecule has 2 N–H and O–H groups in total. The van der Waals surface area contributed by atoms with Gasteiger partial charge in [0.05, 0.1) is 0 Å². The second-order valence-electron chi connectivity index (χ2n) is 7.05. The quantitative estimate of drug-likeness (QED) is 0.611. The van der Waals surface area contributed by atoms with Gasteiger partial charge in [0.1, 0.15) is 0 Å². The highest BCUT2D eigenvalue weighted by Gasteiger charge is 2.24. The van der Waals surface area contributed by atoms with Crippen molar-refractivity contribution in [1.29, 1.82) is 0 Å². The summed E-state index contributed by atoms with van der Waals surface area (Å²) in [5, 5.41) is 6.88. The van der Waals surface area contributed by atoms with Crippen LogP contribution in [-0.2, 0) is 6.54 Å². The molecule has 2 aliphatic heterocycles. The highest BCUT2D eigenvalue weighted by atomic mass is 16.7. The van der Waals surface area contributed by atoms with Crippen LogP contribution in [0.25, 0.3) is 0 Å². The van der Waals surface area contributed by atoms with E-state index < -0.39 is 0 Å². The molecule has 6 nitrogen and oxygen atoms in total. The van der Waals surface area contributed by atoms with Crippen molar-refractivity contribution in [3.63, 3.8) is 0 Å². The lowest BCUT2D eigenvalue weighted by Crippen LogP contribution is -2.48. The van der Waals surface area contributed by atoms with Crippen molar-refractivity contribution >= 4 is 5.96 Å². The molecule has 1 saturated heterocycles. The van der Waals surface area contributed by atoms with E-state index in [2.05, 4.69) is 40.4 Å². The van der Waals surface area contributed by atoms with Crippen molar-refractivity contribution in [3.8, 4) is 11.5 Å². The molecule has 0 bridgehead atoms. The van der Waals surface area contributed by atoms with Crippen LogP contribution < -0.4 is 20.1 Å². The molecule has 3 rings (SSSR count). The van der Waals surface area contributed by atoms with Gasteiger partial charge in [-0.05, 0) is 49.5 Å². The number of aliphatic imine (C=N–C) groups is 1. The van der Waals surface area contributed by atoms with E-state index in [-0.39, 0.29) is 0 Å². The van der Waals surface area contributed by atoms with Crippen molar-refractivity contribution in [2.75, 3.05) is 33.5 Å². The molecule has 6 heteroatoms. The summed E-state index contributed by atoms with van der Waals surface area (Å²) in [7, 11) is 1.81. The monoisotopic (exact) mass is 346 g/mol. The van der Waals surface area contributed by atoms with Gasteiger partial charge >= 0.3 is 0 Å². The molecular weight excluding hydrogens is 316 g/mol. The van der Waals surface area contributed by atoms with Crippen molar-refractivity contribution in [3.05, 3.63) is 23.8 Å². The highest BCUT2D eigenvalue weighted by Crippen LogP contribution is 2.32. The van der Waals surface area contributed by atoms with Crippen molar-refractivity contribution < 1.29 is 9.47 Å². The summed E-state index contributed by atoms with van der Waals surface area (Å²) < 4.78 is 10.8. The van der Waals surface area contributed by atoms with Gasteiger partial charge in [-0.2, -0.15) is 0 Å². The topological polar surface area (TPSA) is 58.1 Å². The molecule has 0 aromatic heterocycles. The minimum Gasteiger partial charge on any atom is -0.454 e. The maximum Gasteiger partial charge on any atom is 0.231 e. The first-order valence-corrected chi connectivity index (χ1v) is 9.24. The Balaban J connectivity index is 1.50. The van der Waals surface area contributed by atoms with E-state index in [1.54, 1.807) is 0 Å². The lowest BCUT2D eigenvalue weighted by molar-refractivity contribution is 0.174. The summed E-state index contributed by atoms with van der Waals surface area (Å²) in [6, 6.07) is 6.57. The molecule has 25 heavy (non-hydrogen) atoms. The smallest absolute Gasteiger partial charge is 0.231 e. The third-order valence-electron chi connectivity index (χ3n) is 4.98. The number of fused-ring (bicyclic) bond motifs is 1. The normalized spacial score (nSPS) is 18.6. The van der Waals surface area contributed by atoms with E-state index in [0.717, 1.165) is 29.6 Å². The van der Waals surface area contributed by atoms with E-state index in [0.29, 0.717) is 25.3 Å². The highest BCUT2D eigenvalue weighted by molar-refractivity contribution is 5.79. The Bertz CT molecular complexity index is 597. The number of hydrogen-bond donors (Lipinski definition) is 2. The summed E-state index contributed by atoms with van der Waals surface area (Å²) in [6.07, 6.45) is 2.64. The van der Waals surface area contributed by atoms with E-state index in [4.69, 9.17) is 9.47 Å². The number of likely N-dealkylation sites (tertiary alicyclic amines) is 1. The van der Waals surface area contributed by atoms with Crippen LogP contribution >= 0.6 is 0 Å². The lowest BCUT2D eigenvalue weighted by Gasteiger charge is -2.31. The average molecular weight is 346 g/mol. The molecule has 1 fully saturated rings. The predicted molar refractivity (Wildman–Crippen MR) is 100 cm³/mol. The molecule has 1 unspecified atom stereocenters. The van der Waals surface area contributed by atoms with Gasteiger partial charge in [-0.25, -0.2) is 0 Å². The standard InChI is InChI=1S/C19H30N4O2/c1-14(2)16(23-8-4-5-9-23)12-22-19(20-3)21-11-15-6-7-17-18(10-15)25-13-24-17/h6-7,10,14,16H,4-5,8-9,11-13H2,1-3H3,(H2,20,21,22). The summed E-state index contributed by atoms with van der Waals surface area (Å²) >= 11 is 0. The Labute approximate surface area is 150 Å². The summed E-state index contributed by atoms with van der Waals surface area (Å²) in [5.74, 6) is 3.09. The Hall–Kier alpha value is -1.95. The number of benzene rings is 1. The molecule has 0 saturated carbocycles. The van der Waals surface area contributed by atoms with Crippen LogP contribution in [-0.4, -0.2) is 50.4 Å². The number of nitrogens with one attached hydrogen (secondary N) is 2. The zero-order chi connectivity index (χ0) is 17.6. The van der Waals surface area contributed by atoms with Gasteiger partial charge in [0.25, 0.3) is 0 Å². The van der Waals surface area contributed by atoms with E-state index in [9.17, 15) is 0 Å². The molecular formula is C19H30N4O2. The van der Waals surface area contributed by atoms with Crippen molar-refractivity contribution in [1.82, 2.24) is 15.5 Å². The minimum atomic E-state index is 0.308. The Kier molecular flexibility index (Phi) is 6.02. The molecule has 0 spiro atoms. The molecule has 1 atom stereocenters. The third-order valence-corrected chi connectivity index (χ3v) is 4.98. The van der Waals surface area contributed by atoms with Gasteiger partial charge in [0.15, 0.2) is 17.5 Å². The van der Waals surface area contributed by atoms with Crippen LogP contribution in [0.5, 0.6) is 11.5 Å². The van der Waals surface area contributed by atoms with Gasteiger partial charge in [-0.3, -0.25) is 9.89 Å². The Morgan fingerprint density at radius 1 is 1.16 bits per heavy atom. The second kappa shape index (κ2) is 8.43. The molecule has 2 heterocycles. The fourth-order valence-electron chi connectivity index (χ4n) is 3.52. The average Bonchev–Trinajstić information content (AvgIpc) is 3.28. The van der Waals surface area contributed by atoms with Gasteiger partial charge in [0.2, 0.25) is 6.79 Å². The number of nitrogens with zero attached hydrogens (tertiary/aromatic N) is 2. The Morgan fingerprint density at radius 2 is 1.92 bits per heavy atom. The van der Waals surface area contributed by atoms with Crippen LogP contribution in [0.4, 0.5) is 0 Å².